The van der Waals surface area contributed by atoms with E-state index in [1.165, 1.54) is 51.4 Å². The van der Waals surface area contributed by atoms with Gasteiger partial charge in [0, 0.05) is 11.4 Å². The number of hydrogen-bond donors (Lipinski definition) is 1. The van der Waals surface area contributed by atoms with Crippen molar-refractivity contribution in [1.29, 1.82) is 0 Å². The molecule has 0 aliphatic heterocycles. The maximum absolute atomic E-state index is 6.24. The molecule has 4 bridgehead atoms. The quantitative estimate of drug-likeness (QED) is 0.616. The zero-order valence-corrected chi connectivity index (χ0v) is 12.7. The molecule has 4 aliphatic carbocycles. The maximum atomic E-state index is 6.24. The first-order valence-electron chi connectivity index (χ1n) is 7.77. The first-order chi connectivity index (χ1) is 8.78. The van der Waals surface area contributed by atoms with Crippen molar-refractivity contribution >= 4 is 29.6 Å². The van der Waals surface area contributed by atoms with Gasteiger partial charge in [0.25, 0.3) is 0 Å². The van der Waals surface area contributed by atoms with Crippen molar-refractivity contribution < 1.29 is 4.65 Å². The van der Waals surface area contributed by atoms with Gasteiger partial charge in [-0.25, -0.2) is 0 Å². The van der Waals surface area contributed by atoms with E-state index in [4.69, 9.17) is 17.1 Å². The molecule has 0 aromatic rings. The fourth-order valence-electron chi connectivity index (χ4n) is 5.04. The summed E-state index contributed by atoms with van der Waals surface area (Å²) in [5.41, 5.74) is 0.138. The molecule has 0 saturated heterocycles. The molecule has 0 N–H and O–H groups in total. The van der Waals surface area contributed by atoms with Gasteiger partial charge in [0.1, 0.15) is 0 Å². The zero-order chi connectivity index (χ0) is 12.1. The Hall–Kier alpha value is 0.725. The van der Waals surface area contributed by atoms with Crippen LogP contribution in [0.2, 0.25) is 0 Å². The van der Waals surface area contributed by atoms with Crippen molar-refractivity contribution in [2.75, 3.05) is 0 Å². The highest BCUT2D eigenvalue weighted by Crippen LogP contribution is 2.51. The molecular weight excluding hydrogens is 259 g/mol. The summed E-state index contributed by atoms with van der Waals surface area (Å²) < 4.78 is 6.24. The second kappa shape index (κ2) is 4.93. The number of hydrogen-bond acceptors (Lipinski definition) is 3. The molecule has 4 saturated carbocycles. The Morgan fingerprint density at radius 3 is 2.17 bits per heavy atom. The summed E-state index contributed by atoms with van der Waals surface area (Å²) in [5.74, 6) is 3.87. The van der Waals surface area contributed by atoms with Gasteiger partial charge < -0.3 is 4.65 Å². The largest absolute Gasteiger partial charge is 0.429 e. The molecule has 18 heavy (non-hydrogen) atoms. The van der Waals surface area contributed by atoms with E-state index >= 15 is 0 Å². The summed E-state index contributed by atoms with van der Waals surface area (Å²) >= 11 is 6.74. The fourth-order valence-corrected chi connectivity index (χ4v) is 7.02. The Balaban J connectivity index is 1.28. The first-order valence-corrected chi connectivity index (χ1v) is 9.23. The average Bonchev–Trinajstić information content (AvgIpc) is 3.08. The van der Waals surface area contributed by atoms with E-state index in [1.807, 2.05) is 11.6 Å². The lowest BCUT2D eigenvalue weighted by atomic mass is 9.97. The molecule has 4 rings (SSSR count). The molecule has 0 amide bonds. The summed E-state index contributed by atoms with van der Waals surface area (Å²) in [7, 11) is 0. The van der Waals surface area contributed by atoms with E-state index in [-0.39, 0.29) is 5.47 Å². The van der Waals surface area contributed by atoms with Crippen LogP contribution in [0.3, 0.4) is 0 Å². The van der Waals surface area contributed by atoms with E-state index < -0.39 is 0 Å². The molecule has 0 radical (unpaired) electrons. The Kier molecular flexibility index (Phi) is 3.41. The maximum Gasteiger partial charge on any atom is 0.429 e. The third-order valence-corrected chi connectivity index (χ3v) is 7.69. The Bertz CT molecular complexity index is 297. The second-order valence-electron chi connectivity index (χ2n) is 7.01. The average molecular weight is 282 g/mol. The van der Waals surface area contributed by atoms with Gasteiger partial charge in [-0.1, -0.05) is 6.42 Å². The predicted molar refractivity (Wildman–Crippen MR) is 81.9 cm³/mol. The summed E-state index contributed by atoms with van der Waals surface area (Å²) in [4.78, 5) is 0. The minimum Gasteiger partial charge on any atom is -0.414 e. The highest BCUT2D eigenvalue weighted by atomic mass is 32.2. The van der Waals surface area contributed by atoms with E-state index in [9.17, 15) is 0 Å². The standard InChI is InChI=1S/C14H23BOS2/c17-15(16-13-7-9-1-3-11(13)5-9)18-14-8-10-2-4-12(14)6-10/h9-14,17H,1-8H2. The molecule has 4 fully saturated rings. The van der Waals surface area contributed by atoms with Crippen LogP contribution in [0.25, 0.3) is 0 Å². The van der Waals surface area contributed by atoms with E-state index in [1.54, 1.807) is 0 Å². The lowest BCUT2D eigenvalue weighted by molar-refractivity contribution is 0.148. The number of fused-ring (bicyclic) bond motifs is 4. The molecule has 100 valence electrons. The van der Waals surface area contributed by atoms with Crippen LogP contribution in [0.15, 0.2) is 0 Å². The van der Waals surface area contributed by atoms with Crippen molar-refractivity contribution in [2.24, 2.45) is 23.7 Å². The monoisotopic (exact) mass is 282 g/mol. The van der Waals surface area contributed by atoms with Gasteiger partial charge in [-0.2, -0.15) is 24.1 Å². The lowest BCUT2D eigenvalue weighted by Gasteiger charge is -2.27. The van der Waals surface area contributed by atoms with Crippen molar-refractivity contribution in [2.45, 2.75) is 62.7 Å². The molecule has 0 aromatic carbocycles. The normalized spacial score (nSPS) is 49.2. The molecule has 0 spiro atoms. The van der Waals surface area contributed by atoms with Gasteiger partial charge in [-0.05, 0) is 68.6 Å². The van der Waals surface area contributed by atoms with Crippen LogP contribution in [0.4, 0.5) is 0 Å². The smallest absolute Gasteiger partial charge is 0.414 e. The highest BCUT2D eigenvalue weighted by molar-refractivity contribution is 8.47. The van der Waals surface area contributed by atoms with E-state index in [0.29, 0.717) is 6.10 Å². The van der Waals surface area contributed by atoms with E-state index in [0.717, 1.165) is 28.9 Å². The molecular formula is C14H23BOS2. The van der Waals surface area contributed by atoms with Gasteiger partial charge in [0.05, 0.1) is 0 Å². The van der Waals surface area contributed by atoms with Crippen LogP contribution in [0.5, 0.6) is 0 Å². The van der Waals surface area contributed by atoms with Crippen LogP contribution in [0.1, 0.15) is 51.4 Å². The van der Waals surface area contributed by atoms with Crippen molar-refractivity contribution in [3.8, 4) is 0 Å². The summed E-state index contributed by atoms with van der Waals surface area (Å²) in [6, 6.07) is 0. The van der Waals surface area contributed by atoms with Crippen LogP contribution < -0.4 is 0 Å². The Morgan fingerprint density at radius 2 is 1.61 bits per heavy atom. The summed E-state index contributed by atoms with van der Waals surface area (Å²) in [5, 5.41) is 0.852. The molecule has 0 aromatic heterocycles. The van der Waals surface area contributed by atoms with Crippen LogP contribution in [-0.2, 0) is 4.65 Å². The second-order valence-corrected chi connectivity index (χ2v) is 9.13. The lowest BCUT2D eigenvalue weighted by Crippen LogP contribution is -2.27. The minimum atomic E-state index is 0.138. The summed E-state index contributed by atoms with van der Waals surface area (Å²) in [6.45, 7) is 0. The Morgan fingerprint density at radius 1 is 0.889 bits per heavy atom. The Labute approximate surface area is 121 Å². The van der Waals surface area contributed by atoms with Crippen LogP contribution >= 0.6 is 24.1 Å². The minimum absolute atomic E-state index is 0.138. The van der Waals surface area contributed by atoms with Crippen molar-refractivity contribution in [1.82, 2.24) is 0 Å². The SMILES string of the molecule is SB(OC1CC2CCC1C2)SC1CC2CCC1C2. The molecule has 0 heterocycles. The third-order valence-electron chi connectivity index (χ3n) is 5.93. The number of rotatable bonds is 4. The highest BCUT2D eigenvalue weighted by Gasteiger charge is 2.44. The molecule has 6 atom stereocenters. The van der Waals surface area contributed by atoms with Crippen molar-refractivity contribution in [3.05, 3.63) is 0 Å². The molecule has 4 aliphatic rings. The van der Waals surface area contributed by atoms with Crippen LogP contribution in [-0.4, -0.2) is 16.8 Å². The van der Waals surface area contributed by atoms with Gasteiger partial charge in [0.15, 0.2) is 0 Å². The van der Waals surface area contributed by atoms with Gasteiger partial charge in [-0.3, -0.25) is 0 Å². The topological polar surface area (TPSA) is 9.23 Å². The van der Waals surface area contributed by atoms with Crippen LogP contribution in [0, 0.1) is 23.7 Å². The fraction of sp³-hybridized carbons (Fsp3) is 1.00. The van der Waals surface area contributed by atoms with Gasteiger partial charge >= 0.3 is 5.47 Å². The third kappa shape index (κ3) is 2.27. The van der Waals surface area contributed by atoms with Crippen molar-refractivity contribution in [3.63, 3.8) is 0 Å². The molecule has 4 heteroatoms. The van der Waals surface area contributed by atoms with Gasteiger partial charge in [-0.15, -0.1) is 0 Å². The van der Waals surface area contributed by atoms with E-state index in [2.05, 4.69) is 0 Å². The molecule has 6 unspecified atom stereocenters. The predicted octanol–water partition coefficient (Wildman–Crippen LogP) is 4.03. The zero-order valence-electron chi connectivity index (χ0n) is 11.0. The molecule has 1 nitrogen and oxygen atoms in total. The summed E-state index contributed by atoms with van der Waals surface area (Å²) in [6.07, 6.45) is 12.1. The first kappa shape index (κ1) is 12.5. The van der Waals surface area contributed by atoms with Gasteiger partial charge in [0.2, 0.25) is 0 Å². The number of thiol groups is 1.